The molecule has 1 saturated heterocycles. The van der Waals surface area contributed by atoms with Crippen LogP contribution < -0.4 is 16.4 Å². The predicted molar refractivity (Wildman–Crippen MR) is 257 cm³/mol. The van der Waals surface area contributed by atoms with Crippen molar-refractivity contribution in [1.29, 1.82) is 0 Å². The molecule has 5 saturated carbocycles. The Balaban J connectivity index is 1.15. The van der Waals surface area contributed by atoms with Gasteiger partial charge in [0.2, 0.25) is 0 Å². The Morgan fingerprint density at radius 3 is 2.48 bits per heavy atom. The number of Topliss-reactive ketones (excluding diaryl/α,β-unsaturated/α-hetero) is 1. The SMILES string of the molecule is CCCC1CCC2OC3C(C(O)CCCC3(O)C(C)(O)C3CCC4(O)C5=C(NCC(C)O)C(=O)C67CC#CCC34CC(O)C53C=CC(C4=C(CCCO)NC(N)C=C4)CC63CC(O)C(O)C7)C2CC1. The second-order valence-corrected chi connectivity index (χ2v) is 24.1. The van der Waals surface area contributed by atoms with Gasteiger partial charge in [-0.15, -0.1) is 11.8 Å². The molecule has 0 radical (unpaired) electrons. The van der Waals surface area contributed by atoms with Crippen molar-refractivity contribution >= 4 is 5.78 Å². The van der Waals surface area contributed by atoms with Crippen LogP contribution >= 0.6 is 0 Å². The number of ether oxygens (including phenoxy) is 1. The molecule has 6 fully saturated rings. The summed E-state index contributed by atoms with van der Waals surface area (Å²) in [6.45, 7) is 5.38. The van der Waals surface area contributed by atoms with E-state index in [0.29, 0.717) is 31.6 Å². The number of aliphatic hydroxyl groups is 9. The minimum absolute atomic E-state index is 0.0173. The molecular formula is C55H81N3O11. The monoisotopic (exact) mass is 960 g/mol. The van der Waals surface area contributed by atoms with Crippen molar-refractivity contribution in [2.75, 3.05) is 13.2 Å². The van der Waals surface area contributed by atoms with Crippen LogP contribution in [0, 0.1) is 63.1 Å². The van der Waals surface area contributed by atoms with E-state index >= 15 is 4.79 Å². The van der Waals surface area contributed by atoms with Gasteiger partial charge in [-0.2, -0.15) is 0 Å². The summed E-state index contributed by atoms with van der Waals surface area (Å²) in [5, 5.41) is 119. The lowest BCUT2D eigenvalue weighted by Crippen LogP contribution is -2.77. The summed E-state index contributed by atoms with van der Waals surface area (Å²) >= 11 is 0. The number of nitrogens with two attached hydrogens (primary N) is 1. The maximum atomic E-state index is 16.2. The molecule has 4 bridgehead atoms. The van der Waals surface area contributed by atoms with Gasteiger partial charge in [0, 0.05) is 71.3 Å². The molecule has 4 spiro atoms. The Labute approximate surface area is 407 Å². The molecule has 69 heavy (non-hydrogen) atoms. The first-order valence-electron chi connectivity index (χ1n) is 26.8. The van der Waals surface area contributed by atoms with E-state index in [9.17, 15) is 46.0 Å². The van der Waals surface area contributed by atoms with E-state index in [0.717, 1.165) is 49.8 Å². The summed E-state index contributed by atoms with van der Waals surface area (Å²) in [6.07, 6.45) is 8.98. The third-order valence-electron chi connectivity index (χ3n) is 20.8. The largest absolute Gasteiger partial charge is 0.396 e. The van der Waals surface area contributed by atoms with Gasteiger partial charge in [-0.3, -0.25) is 4.79 Å². The van der Waals surface area contributed by atoms with Crippen molar-refractivity contribution in [3.8, 4) is 11.8 Å². The molecule has 0 amide bonds. The highest BCUT2D eigenvalue weighted by Crippen LogP contribution is 2.80. The molecule has 11 aliphatic rings. The number of fused-ring (bicyclic) bond motifs is 7. The Bertz CT molecular complexity index is 2220. The lowest BCUT2D eigenvalue weighted by molar-refractivity contribution is -0.270. The van der Waals surface area contributed by atoms with Crippen LogP contribution in [0.5, 0.6) is 0 Å². The molecule has 2 aliphatic heterocycles. The zero-order chi connectivity index (χ0) is 49.1. The van der Waals surface area contributed by atoms with E-state index in [2.05, 4.69) is 29.4 Å². The molecule has 9 aliphatic carbocycles. The maximum Gasteiger partial charge on any atom is 0.186 e. The average molecular weight is 960 g/mol. The van der Waals surface area contributed by atoms with Crippen LogP contribution in [0.3, 0.4) is 0 Å². The Hall–Kier alpha value is -2.65. The summed E-state index contributed by atoms with van der Waals surface area (Å²) in [7, 11) is 0. The molecule has 13 N–H and O–H groups in total. The number of nitrogens with one attached hydrogen (secondary N) is 2. The van der Waals surface area contributed by atoms with Gasteiger partial charge in [-0.05, 0) is 127 Å². The number of aliphatic hydroxyl groups excluding tert-OH is 6. The van der Waals surface area contributed by atoms with Crippen LogP contribution in [-0.2, 0) is 9.53 Å². The van der Waals surface area contributed by atoms with Gasteiger partial charge >= 0.3 is 0 Å². The van der Waals surface area contributed by atoms with E-state index in [1.807, 2.05) is 24.3 Å². The molecular weight excluding hydrogens is 879 g/mol. The third kappa shape index (κ3) is 6.94. The van der Waals surface area contributed by atoms with Gasteiger partial charge in [0.15, 0.2) is 5.78 Å². The van der Waals surface area contributed by atoms with Gasteiger partial charge in [0.05, 0.1) is 71.2 Å². The topological polar surface area (TPSA) is 258 Å². The summed E-state index contributed by atoms with van der Waals surface area (Å²) in [5.74, 6) is 5.35. The number of hydrogen-bond acceptors (Lipinski definition) is 14. The normalized spacial score (nSPS) is 49.0. The minimum Gasteiger partial charge on any atom is -0.396 e. The zero-order valence-electron chi connectivity index (χ0n) is 41.1. The number of allylic oxidation sites excluding steroid dienone is 5. The second-order valence-electron chi connectivity index (χ2n) is 24.1. The highest BCUT2D eigenvalue weighted by atomic mass is 16.5. The predicted octanol–water partition coefficient (Wildman–Crippen LogP) is 3.02. The Morgan fingerprint density at radius 1 is 0.971 bits per heavy atom. The standard InChI is InChI=1S/C55H81N3O11/c1-4-9-32-12-14-35-40(16-13-32)69-48-44(35)37(61)11-7-22-55(48,68)49(3,66)41-19-24-54(67)46-45(57-30-31(2)60)47(65)51-21-6-5-20-50(41,54)29-42(64)53(46)23-18-33(26-52(51,53)28-39(63)38(62)27-51)34-15-17-43(56)58-36(34)10-8-25-59/h15,17-18,23,31-33,35,37-44,48,57-64,66-68H,4,7-14,16,19-22,24-30,56H2,1-3H3. The van der Waals surface area contributed by atoms with Gasteiger partial charge in [-0.1, -0.05) is 44.4 Å². The van der Waals surface area contributed by atoms with Gasteiger partial charge < -0.3 is 67.1 Å². The maximum absolute atomic E-state index is 16.2. The van der Waals surface area contributed by atoms with Gasteiger partial charge in [-0.25, -0.2) is 0 Å². The minimum atomic E-state index is -1.96. The fourth-order valence-electron chi connectivity index (χ4n) is 17.8. The van der Waals surface area contributed by atoms with Crippen LogP contribution in [0.15, 0.2) is 46.8 Å². The first-order chi connectivity index (χ1) is 32.8. The summed E-state index contributed by atoms with van der Waals surface area (Å²) in [5.41, 5.74) is -3.06. The van der Waals surface area contributed by atoms with E-state index in [1.165, 1.54) is 0 Å². The van der Waals surface area contributed by atoms with Gasteiger partial charge in [0.25, 0.3) is 0 Å². The molecule has 14 nitrogen and oxygen atoms in total. The summed E-state index contributed by atoms with van der Waals surface area (Å²) < 4.78 is 7.02. The molecule has 11 rings (SSSR count). The molecule has 382 valence electrons. The molecule has 2 heterocycles. The van der Waals surface area contributed by atoms with Crippen molar-refractivity contribution in [1.82, 2.24) is 10.6 Å². The Kier molecular flexibility index (Phi) is 12.9. The highest BCUT2D eigenvalue weighted by Gasteiger charge is 2.83. The number of carbonyl (C=O) groups is 1. The van der Waals surface area contributed by atoms with Crippen molar-refractivity contribution in [3.05, 3.63) is 46.8 Å². The molecule has 0 aromatic heterocycles. The number of dihydropyridines is 1. The van der Waals surface area contributed by atoms with Crippen molar-refractivity contribution in [2.24, 2.45) is 57.0 Å². The van der Waals surface area contributed by atoms with E-state index in [-0.39, 0.29) is 100 Å². The van der Waals surface area contributed by atoms with E-state index < -0.39 is 98.9 Å². The quantitative estimate of drug-likeness (QED) is 0.105. The number of ketones is 1. The van der Waals surface area contributed by atoms with E-state index in [4.69, 9.17) is 10.5 Å². The van der Waals surface area contributed by atoms with Crippen molar-refractivity contribution in [2.45, 2.75) is 208 Å². The number of carbonyl (C=O) groups excluding carboxylic acids is 1. The second kappa shape index (κ2) is 17.8. The fourth-order valence-corrected chi connectivity index (χ4v) is 17.8. The molecule has 20 unspecified atom stereocenters. The first kappa shape index (κ1) is 49.9. The molecule has 14 heteroatoms. The lowest BCUT2D eigenvalue weighted by Gasteiger charge is -2.73. The highest BCUT2D eigenvalue weighted by molar-refractivity contribution is 6.04. The van der Waals surface area contributed by atoms with Crippen LogP contribution in [-0.4, -0.2) is 131 Å². The lowest BCUT2D eigenvalue weighted by atomic mass is 9.30. The van der Waals surface area contributed by atoms with Crippen molar-refractivity contribution in [3.63, 3.8) is 0 Å². The third-order valence-corrected chi connectivity index (χ3v) is 20.8. The summed E-state index contributed by atoms with van der Waals surface area (Å²) in [6, 6.07) is 0. The number of hydrogen-bond donors (Lipinski definition) is 12. The van der Waals surface area contributed by atoms with Crippen LogP contribution in [0.1, 0.15) is 143 Å². The summed E-state index contributed by atoms with van der Waals surface area (Å²) in [4.78, 5) is 16.2. The molecule has 20 atom stereocenters. The van der Waals surface area contributed by atoms with E-state index in [1.54, 1.807) is 13.8 Å². The fraction of sp³-hybridized carbons (Fsp3) is 0.800. The molecule has 0 aromatic carbocycles. The zero-order valence-corrected chi connectivity index (χ0v) is 41.1. The van der Waals surface area contributed by atoms with Crippen LogP contribution in [0.4, 0.5) is 0 Å². The first-order valence-corrected chi connectivity index (χ1v) is 26.8. The smallest absolute Gasteiger partial charge is 0.186 e. The van der Waals surface area contributed by atoms with Crippen molar-refractivity contribution < 1.29 is 55.5 Å². The average Bonchev–Trinajstić information content (AvgIpc) is 3.70. The Morgan fingerprint density at radius 2 is 1.72 bits per heavy atom. The molecule has 0 aromatic rings. The van der Waals surface area contributed by atoms with Crippen LogP contribution in [0.2, 0.25) is 0 Å². The van der Waals surface area contributed by atoms with Crippen LogP contribution in [0.25, 0.3) is 0 Å². The number of rotatable bonds is 11. The van der Waals surface area contributed by atoms with Gasteiger partial charge in [0.1, 0.15) is 5.60 Å².